The maximum absolute atomic E-state index is 15.4. The molecule has 2 heterocycles. The second kappa shape index (κ2) is 17.2. The van der Waals surface area contributed by atoms with Crippen molar-refractivity contribution in [1.29, 1.82) is 15.8 Å². The van der Waals surface area contributed by atoms with Gasteiger partial charge in [0.05, 0.1) is 74.1 Å². The molecule has 0 unspecified atom stereocenters. The largest absolute Gasteiger partial charge is 0.417 e. The summed E-state index contributed by atoms with van der Waals surface area (Å²) in [6.45, 7) is 0. The van der Waals surface area contributed by atoms with Crippen LogP contribution in [0.1, 0.15) is 27.8 Å². The first-order chi connectivity index (χ1) is 33.4. The number of hydrogen-bond donors (Lipinski definition) is 0. The first-order valence-corrected chi connectivity index (χ1v) is 21.3. The molecular weight excluding hydrogens is 883 g/mol. The monoisotopic (exact) mass is 912 g/mol. The highest BCUT2D eigenvalue weighted by atomic mass is 19.4. The summed E-state index contributed by atoms with van der Waals surface area (Å²) in [6.07, 6.45) is -9.82. The van der Waals surface area contributed by atoms with Gasteiger partial charge in [-0.15, -0.1) is 0 Å². The normalized spacial score (nSPS) is 11.6. The molecule has 0 saturated carbocycles. The average Bonchev–Trinajstić information content (AvgIpc) is 3.70. The molecule has 0 fully saturated rings. The highest BCUT2D eigenvalue weighted by molar-refractivity contribution is 6.12. The highest BCUT2D eigenvalue weighted by Crippen LogP contribution is 2.49. The molecule has 0 amide bonds. The van der Waals surface area contributed by atoms with Crippen molar-refractivity contribution in [2.75, 3.05) is 0 Å². The van der Waals surface area contributed by atoms with Crippen molar-refractivity contribution in [3.63, 3.8) is 0 Å². The van der Waals surface area contributed by atoms with Crippen LogP contribution >= 0.6 is 0 Å². The molecule has 2 aromatic heterocycles. The molecule has 0 aliphatic carbocycles. The molecule has 0 N–H and O–H groups in total. The summed E-state index contributed by atoms with van der Waals surface area (Å²) in [6, 6.07) is 53.9. The van der Waals surface area contributed by atoms with Crippen molar-refractivity contribution >= 4 is 21.8 Å². The third-order valence-corrected chi connectivity index (χ3v) is 12.0. The SMILES string of the molecule is N#Cc1cc(C#N)c(-c2ccc3c(c2)c2ccccc2n3-c2c(-c3ccccc3C(F)(F)F)cc(-c3nc(-c4ccccc4)cc(-c4ccccc4)n3)cc2-c2ccccc2C(F)(F)F)c(C#N)c1. The highest BCUT2D eigenvalue weighted by Gasteiger charge is 2.37. The number of para-hydroxylation sites is 1. The van der Waals surface area contributed by atoms with Crippen LogP contribution in [0.25, 0.3) is 94.8 Å². The Hall–Kier alpha value is -9.31. The molecule has 0 saturated heterocycles. The molecule has 0 spiro atoms. The number of hydrogen-bond acceptors (Lipinski definition) is 5. The summed E-state index contributed by atoms with van der Waals surface area (Å²) in [5, 5.41) is 31.1. The zero-order valence-electron chi connectivity index (χ0n) is 35.8. The quantitative estimate of drug-likeness (QED) is 0.148. The minimum atomic E-state index is -4.91. The van der Waals surface area contributed by atoms with Gasteiger partial charge in [-0.3, -0.25) is 0 Å². The number of benzene rings is 8. The summed E-state index contributed by atoms with van der Waals surface area (Å²) in [4.78, 5) is 9.91. The number of aromatic nitrogens is 3. The number of nitrogens with zero attached hydrogens (tertiary/aromatic N) is 6. The Labute approximate surface area is 390 Å². The van der Waals surface area contributed by atoms with Gasteiger partial charge in [-0.1, -0.05) is 121 Å². The van der Waals surface area contributed by atoms with Gasteiger partial charge in [-0.25, -0.2) is 9.97 Å². The number of rotatable bonds is 7. The fraction of sp³-hybridized carbons (Fsp3) is 0.0351. The van der Waals surface area contributed by atoms with E-state index < -0.39 is 23.5 Å². The van der Waals surface area contributed by atoms with E-state index in [2.05, 4.69) is 12.1 Å². The van der Waals surface area contributed by atoms with Gasteiger partial charge in [0.25, 0.3) is 0 Å². The standard InChI is InChI=1S/C57H30F6N6/c58-56(59,60)47-20-10-7-17-41(47)45-28-38(55-67-49(35-13-3-1-4-14-35)30-50(68-55)36-15-5-2-6-16-36)29-46(42-18-8-11-21-48(42)57(61,62)63)54(45)69-51-22-12-9-19-43(51)44-27-37(23-24-52(44)69)53-39(32-65)25-34(31-64)26-40(53)33-66/h1-30H. The van der Waals surface area contributed by atoms with E-state index >= 15 is 26.3 Å². The van der Waals surface area contributed by atoms with Crippen molar-refractivity contribution in [1.82, 2.24) is 14.5 Å². The lowest BCUT2D eigenvalue weighted by molar-refractivity contribution is -0.137. The van der Waals surface area contributed by atoms with E-state index in [1.807, 2.05) is 66.7 Å². The van der Waals surface area contributed by atoms with Crippen LogP contribution < -0.4 is 0 Å². The molecule has 330 valence electrons. The third kappa shape index (κ3) is 7.88. The molecule has 0 atom stereocenters. The molecule has 69 heavy (non-hydrogen) atoms. The van der Waals surface area contributed by atoms with Crippen molar-refractivity contribution < 1.29 is 26.3 Å². The number of alkyl halides is 6. The maximum Gasteiger partial charge on any atom is 0.417 e. The fourth-order valence-electron chi connectivity index (χ4n) is 9.00. The van der Waals surface area contributed by atoms with Crippen LogP contribution in [0.2, 0.25) is 0 Å². The van der Waals surface area contributed by atoms with Crippen molar-refractivity contribution in [2.45, 2.75) is 12.4 Å². The summed E-state index contributed by atoms with van der Waals surface area (Å²) < 4.78 is 94.0. The number of nitriles is 3. The molecule has 6 nitrogen and oxygen atoms in total. The van der Waals surface area contributed by atoms with Gasteiger partial charge in [0.2, 0.25) is 0 Å². The molecule has 10 rings (SSSR count). The second-order valence-corrected chi connectivity index (χ2v) is 16.1. The molecule has 0 aliphatic rings. The van der Waals surface area contributed by atoms with Crippen LogP contribution in [0.15, 0.2) is 182 Å². The van der Waals surface area contributed by atoms with Gasteiger partial charge in [-0.05, 0) is 77.4 Å². The van der Waals surface area contributed by atoms with Crippen LogP contribution in [0.5, 0.6) is 0 Å². The Morgan fingerprint density at radius 1 is 0.406 bits per heavy atom. The average molecular weight is 913 g/mol. The fourth-order valence-corrected chi connectivity index (χ4v) is 9.00. The van der Waals surface area contributed by atoms with Crippen molar-refractivity contribution in [2.24, 2.45) is 0 Å². The summed E-state index contributed by atoms with van der Waals surface area (Å²) in [5.41, 5.74) is 1.42. The summed E-state index contributed by atoms with van der Waals surface area (Å²) >= 11 is 0. The predicted molar refractivity (Wildman–Crippen MR) is 253 cm³/mol. The summed E-state index contributed by atoms with van der Waals surface area (Å²) in [5.74, 6) is 0.0501. The molecule has 12 heteroatoms. The van der Waals surface area contributed by atoms with Gasteiger partial charge in [-0.2, -0.15) is 42.1 Å². The first-order valence-electron chi connectivity index (χ1n) is 21.3. The zero-order valence-corrected chi connectivity index (χ0v) is 35.8. The molecular formula is C57H30F6N6. The van der Waals surface area contributed by atoms with E-state index in [-0.39, 0.29) is 61.6 Å². The minimum Gasteiger partial charge on any atom is -0.308 e. The van der Waals surface area contributed by atoms with Crippen LogP contribution in [-0.4, -0.2) is 14.5 Å². The van der Waals surface area contributed by atoms with Gasteiger partial charge >= 0.3 is 12.4 Å². The van der Waals surface area contributed by atoms with Gasteiger partial charge in [0, 0.05) is 44.2 Å². The number of halogens is 6. The van der Waals surface area contributed by atoms with E-state index in [0.717, 1.165) is 12.1 Å². The third-order valence-electron chi connectivity index (χ3n) is 12.0. The van der Waals surface area contributed by atoms with E-state index in [0.29, 0.717) is 49.9 Å². The smallest absolute Gasteiger partial charge is 0.308 e. The van der Waals surface area contributed by atoms with E-state index in [1.54, 1.807) is 53.1 Å². The van der Waals surface area contributed by atoms with Crippen LogP contribution in [0.3, 0.4) is 0 Å². The van der Waals surface area contributed by atoms with Gasteiger partial charge in [0.15, 0.2) is 5.82 Å². The van der Waals surface area contributed by atoms with E-state index in [4.69, 9.17) is 9.97 Å². The molecule has 0 radical (unpaired) electrons. The van der Waals surface area contributed by atoms with Crippen LogP contribution in [0, 0.1) is 34.0 Å². The maximum atomic E-state index is 15.4. The van der Waals surface area contributed by atoms with Crippen molar-refractivity contribution in [3.05, 3.63) is 210 Å². The minimum absolute atomic E-state index is 0.00222. The predicted octanol–water partition coefficient (Wildman–Crippen LogP) is 15.2. The van der Waals surface area contributed by atoms with Crippen molar-refractivity contribution in [3.8, 4) is 91.2 Å². The Morgan fingerprint density at radius 3 is 1.39 bits per heavy atom. The lowest BCUT2D eigenvalue weighted by Crippen LogP contribution is -2.11. The zero-order chi connectivity index (χ0) is 48.0. The van der Waals surface area contributed by atoms with E-state index in [9.17, 15) is 15.8 Å². The van der Waals surface area contributed by atoms with E-state index in [1.165, 1.54) is 60.7 Å². The van der Waals surface area contributed by atoms with Crippen LogP contribution in [-0.2, 0) is 12.4 Å². The Morgan fingerprint density at radius 2 is 0.884 bits per heavy atom. The summed E-state index contributed by atoms with van der Waals surface area (Å²) in [7, 11) is 0. The molecule has 10 aromatic rings. The second-order valence-electron chi connectivity index (χ2n) is 16.1. The topological polar surface area (TPSA) is 102 Å². The molecule has 0 aliphatic heterocycles. The Kier molecular flexibility index (Phi) is 10.8. The number of fused-ring (bicyclic) bond motifs is 3. The molecule has 0 bridgehead atoms. The Balaban J connectivity index is 1.37. The first kappa shape index (κ1) is 43.6. The van der Waals surface area contributed by atoms with Crippen LogP contribution in [0.4, 0.5) is 26.3 Å². The lowest BCUT2D eigenvalue weighted by Gasteiger charge is -2.24. The van der Waals surface area contributed by atoms with Gasteiger partial charge < -0.3 is 4.57 Å². The lowest BCUT2D eigenvalue weighted by atomic mass is 9.88. The van der Waals surface area contributed by atoms with Gasteiger partial charge in [0.1, 0.15) is 0 Å². The Bertz CT molecular complexity index is 3630. The molecule has 8 aromatic carbocycles.